The minimum Gasteiger partial charge on any atom is -0.340 e. The van der Waals surface area contributed by atoms with Crippen molar-refractivity contribution in [3.05, 3.63) is 0 Å². The maximum atomic E-state index is 12.2. The van der Waals surface area contributed by atoms with E-state index in [0.717, 1.165) is 38.8 Å². The van der Waals surface area contributed by atoms with Crippen LogP contribution in [0.25, 0.3) is 0 Å². The van der Waals surface area contributed by atoms with E-state index in [4.69, 9.17) is 5.73 Å². The van der Waals surface area contributed by atoms with E-state index in [2.05, 4.69) is 11.8 Å². The molecule has 0 aromatic heterocycles. The van der Waals surface area contributed by atoms with Crippen molar-refractivity contribution >= 4 is 18.3 Å². The van der Waals surface area contributed by atoms with Gasteiger partial charge in [-0.25, -0.2) is 0 Å². The zero-order valence-corrected chi connectivity index (χ0v) is 13.2. The standard InChI is InChI=1S/C15H30N2O.ClH/c1-2-17(14-10-6-5-7-11-14)15(18)12-8-3-4-9-13-16;/h14H,2-13,16H2,1H3;1H. The van der Waals surface area contributed by atoms with Crippen LogP contribution in [0.2, 0.25) is 0 Å². The minimum absolute atomic E-state index is 0. The van der Waals surface area contributed by atoms with Crippen molar-refractivity contribution in [1.82, 2.24) is 4.90 Å². The molecule has 0 bridgehead atoms. The van der Waals surface area contributed by atoms with Gasteiger partial charge in [-0.15, -0.1) is 12.4 Å². The van der Waals surface area contributed by atoms with Crippen LogP contribution >= 0.6 is 12.4 Å². The average Bonchev–Trinajstić information content (AvgIpc) is 2.40. The lowest BCUT2D eigenvalue weighted by molar-refractivity contribution is -0.134. The molecular weight excluding hydrogens is 260 g/mol. The fraction of sp³-hybridized carbons (Fsp3) is 0.933. The fourth-order valence-electron chi connectivity index (χ4n) is 2.95. The van der Waals surface area contributed by atoms with E-state index in [0.29, 0.717) is 11.9 Å². The van der Waals surface area contributed by atoms with Crippen LogP contribution in [0.1, 0.15) is 71.1 Å². The van der Waals surface area contributed by atoms with Crippen LogP contribution in [0.3, 0.4) is 0 Å². The van der Waals surface area contributed by atoms with Gasteiger partial charge in [-0.1, -0.05) is 32.1 Å². The molecule has 19 heavy (non-hydrogen) atoms. The summed E-state index contributed by atoms with van der Waals surface area (Å²) in [6, 6.07) is 0.528. The van der Waals surface area contributed by atoms with E-state index in [1.165, 1.54) is 38.5 Å². The second kappa shape index (κ2) is 11.5. The third-order valence-electron chi connectivity index (χ3n) is 4.02. The molecule has 0 aromatic carbocycles. The summed E-state index contributed by atoms with van der Waals surface area (Å²) in [6.07, 6.45) is 11.5. The number of carbonyl (C=O) groups excluding carboxylic acids is 1. The molecule has 0 heterocycles. The normalized spacial score (nSPS) is 15.9. The number of hydrogen-bond acceptors (Lipinski definition) is 2. The Morgan fingerprint density at radius 2 is 1.74 bits per heavy atom. The summed E-state index contributed by atoms with van der Waals surface area (Å²) in [5.74, 6) is 0.372. The maximum absolute atomic E-state index is 12.2. The summed E-state index contributed by atoms with van der Waals surface area (Å²) in [5.41, 5.74) is 5.46. The molecule has 1 rings (SSSR count). The molecule has 0 aromatic rings. The van der Waals surface area contributed by atoms with Crippen molar-refractivity contribution < 1.29 is 4.79 Å². The number of amides is 1. The lowest BCUT2D eigenvalue weighted by Crippen LogP contribution is -2.41. The summed E-state index contributed by atoms with van der Waals surface area (Å²) in [7, 11) is 0. The summed E-state index contributed by atoms with van der Waals surface area (Å²) < 4.78 is 0. The Hall–Kier alpha value is -0.280. The van der Waals surface area contributed by atoms with Gasteiger partial charge in [-0.2, -0.15) is 0 Å². The third-order valence-corrected chi connectivity index (χ3v) is 4.02. The van der Waals surface area contributed by atoms with Crippen molar-refractivity contribution in [2.45, 2.75) is 77.2 Å². The van der Waals surface area contributed by atoms with Crippen molar-refractivity contribution in [1.29, 1.82) is 0 Å². The molecule has 0 atom stereocenters. The van der Waals surface area contributed by atoms with Crippen molar-refractivity contribution in [3.8, 4) is 0 Å². The first-order valence-corrected chi connectivity index (χ1v) is 7.79. The molecule has 114 valence electrons. The molecule has 1 aliphatic carbocycles. The average molecular weight is 291 g/mol. The Bertz CT molecular complexity index is 230. The molecule has 1 saturated carbocycles. The molecule has 0 saturated heterocycles. The molecule has 1 fully saturated rings. The highest BCUT2D eigenvalue weighted by molar-refractivity contribution is 5.85. The second-order valence-corrected chi connectivity index (χ2v) is 5.42. The Morgan fingerprint density at radius 1 is 1.11 bits per heavy atom. The van der Waals surface area contributed by atoms with E-state index in [-0.39, 0.29) is 12.4 Å². The molecule has 1 aliphatic rings. The Kier molecular flexibility index (Phi) is 11.4. The van der Waals surface area contributed by atoms with Gasteiger partial charge in [0.2, 0.25) is 5.91 Å². The zero-order chi connectivity index (χ0) is 13.2. The summed E-state index contributed by atoms with van der Waals surface area (Å²) in [6.45, 7) is 3.77. The SMILES string of the molecule is CCN(C(=O)CCCCCCN)C1CCCCC1.Cl. The van der Waals surface area contributed by atoms with E-state index >= 15 is 0 Å². The van der Waals surface area contributed by atoms with Gasteiger partial charge in [0.25, 0.3) is 0 Å². The highest BCUT2D eigenvalue weighted by atomic mass is 35.5. The predicted octanol–water partition coefficient (Wildman–Crippen LogP) is 3.50. The molecule has 4 heteroatoms. The zero-order valence-electron chi connectivity index (χ0n) is 12.4. The molecule has 3 nitrogen and oxygen atoms in total. The van der Waals surface area contributed by atoms with Gasteiger partial charge in [0.1, 0.15) is 0 Å². The Balaban J connectivity index is 0.00000324. The lowest BCUT2D eigenvalue weighted by atomic mass is 9.94. The third kappa shape index (κ3) is 7.17. The van der Waals surface area contributed by atoms with Crippen LogP contribution in [-0.4, -0.2) is 29.9 Å². The largest absolute Gasteiger partial charge is 0.340 e. The lowest BCUT2D eigenvalue weighted by Gasteiger charge is -2.33. The maximum Gasteiger partial charge on any atom is 0.222 e. The molecule has 2 N–H and O–H groups in total. The monoisotopic (exact) mass is 290 g/mol. The number of nitrogens with zero attached hydrogens (tertiary/aromatic N) is 1. The van der Waals surface area contributed by atoms with Gasteiger partial charge in [-0.05, 0) is 39.2 Å². The first-order valence-electron chi connectivity index (χ1n) is 7.79. The van der Waals surface area contributed by atoms with Gasteiger partial charge in [-0.3, -0.25) is 4.79 Å². The van der Waals surface area contributed by atoms with Crippen LogP contribution in [-0.2, 0) is 4.79 Å². The number of halogens is 1. The van der Waals surface area contributed by atoms with E-state index < -0.39 is 0 Å². The number of unbranched alkanes of at least 4 members (excludes halogenated alkanes) is 3. The molecular formula is C15H31ClN2O. The topological polar surface area (TPSA) is 46.3 Å². The highest BCUT2D eigenvalue weighted by Crippen LogP contribution is 2.23. The Labute approximate surface area is 124 Å². The first-order chi connectivity index (χ1) is 8.79. The van der Waals surface area contributed by atoms with Gasteiger partial charge in [0, 0.05) is 19.0 Å². The molecule has 0 radical (unpaired) electrons. The van der Waals surface area contributed by atoms with Crippen molar-refractivity contribution in [2.75, 3.05) is 13.1 Å². The molecule has 0 aliphatic heterocycles. The summed E-state index contributed by atoms with van der Waals surface area (Å²) in [4.78, 5) is 14.3. The van der Waals surface area contributed by atoms with E-state index in [9.17, 15) is 4.79 Å². The smallest absolute Gasteiger partial charge is 0.222 e. The van der Waals surface area contributed by atoms with Crippen molar-refractivity contribution in [2.24, 2.45) is 5.73 Å². The van der Waals surface area contributed by atoms with Gasteiger partial charge < -0.3 is 10.6 Å². The number of nitrogens with two attached hydrogens (primary N) is 1. The van der Waals surface area contributed by atoms with Gasteiger partial charge in [0.05, 0.1) is 0 Å². The molecule has 0 unspecified atom stereocenters. The van der Waals surface area contributed by atoms with Crippen LogP contribution < -0.4 is 5.73 Å². The van der Waals surface area contributed by atoms with Crippen LogP contribution in [0.4, 0.5) is 0 Å². The van der Waals surface area contributed by atoms with Gasteiger partial charge >= 0.3 is 0 Å². The minimum atomic E-state index is 0. The highest BCUT2D eigenvalue weighted by Gasteiger charge is 2.23. The first kappa shape index (κ1) is 18.7. The molecule has 1 amide bonds. The van der Waals surface area contributed by atoms with Crippen LogP contribution in [0.15, 0.2) is 0 Å². The van der Waals surface area contributed by atoms with E-state index in [1.807, 2.05) is 0 Å². The summed E-state index contributed by atoms with van der Waals surface area (Å²) in [5, 5.41) is 0. The number of rotatable bonds is 8. The van der Waals surface area contributed by atoms with Gasteiger partial charge in [0.15, 0.2) is 0 Å². The van der Waals surface area contributed by atoms with Crippen LogP contribution in [0.5, 0.6) is 0 Å². The fourth-order valence-corrected chi connectivity index (χ4v) is 2.95. The van der Waals surface area contributed by atoms with Crippen molar-refractivity contribution in [3.63, 3.8) is 0 Å². The van der Waals surface area contributed by atoms with Crippen LogP contribution in [0, 0.1) is 0 Å². The Morgan fingerprint density at radius 3 is 2.32 bits per heavy atom. The number of carbonyl (C=O) groups is 1. The number of hydrogen-bond donors (Lipinski definition) is 1. The second-order valence-electron chi connectivity index (χ2n) is 5.42. The predicted molar refractivity (Wildman–Crippen MR) is 83.6 cm³/mol. The van der Waals surface area contributed by atoms with E-state index in [1.54, 1.807) is 0 Å². The quantitative estimate of drug-likeness (QED) is 0.696. The summed E-state index contributed by atoms with van der Waals surface area (Å²) >= 11 is 0. The molecule has 0 spiro atoms.